The summed E-state index contributed by atoms with van der Waals surface area (Å²) in [6, 6.07) is 0. The minimum atomic E-state index is -0.990. The van der Waals surface area contributed by atoms with Gasteiger partial charge in [0.1, 0.15) is 18.0 Å². The van der Waals surface area contributed by atoms with E-state index in [-0.39, 0.29) is 24.5 Å². The molecule has 0 saturated heterocycles. The van der Waals surface area contributed by atoms with E-state index in [1.165, 1.54) is 0 Å². The van der Waals surface area contributed by atoms with Crippen LogP contribution in [0.15, 0.2) is 0 Å². The third-order valence-corrected chi connectivity index (χ3v) is 4.12. The summed E-state index contributed by atoms with van der Waals surface area (Å²) in [7, 11) is 0. The summed E-state index contributed by atoms with van der Waals surface area (Å²) in [5.41, 5.74) is 7.58. The number of aliphatic carboxylic acids is 1. The predicted molar refractivity (Wildman–Crippen MR) is 75.1 cm³/mol. The molecule has 0 saturated carbocycles. The number of hydrogen-bond acceptors (Lipinski definition) is 5. The predicted octanol–water partition coefficient (Wildman–Crippen LogP) is 1.17. The van der Waals surface area contributed by atoms with Gasteiger partial charge in [-0.3, -0.25) is 4.79 Å². The molecule has 3 atom stereocenters. The van der Waals surface area contributed by atoms with Crippen molar-refractivity contribution in [2.45, 2.75) is 44.8 Å². The van der Waals surface area contributed by atoms with Gasteiger partial charge in [0.05, 0.1) is 5.92 Å². The van der Waals surface area contributed by atoms with Crippen LogP contribution in [0.25, 0.3) is 0 Å². The molecule has 0 aliphatic carbocycles. The second kappa shape index (κ2) is 4.80. The third kappa shape index (κ3) is 2.01. The van der Waals surface area contributed by atoms with Crippen LogP contribution in [0.3, 0.4) is 0 Å². The Morgan fingerprint density at radius 2 is 1.81 bits per heavy atom. The maximum Gasteiger partial charge on any atom is 0.312 e. The molecule has 3 unspecified atom stereocenters. The Bertz CT molecular complexity index is 574. The van der Waals surface area contributed by atoms with Crippen molar-refractivity contribution in [3.05, 3.63) is 16.7 Å². The number of benzene rings is 1. The molecule has 2 aliphatic rings. The summed E-state index contributed by atoms with van der Waals surface area (Å²) in [6.45, 7) is 3.75. The van der Waals surface area contributed by atoms with Gasteiger partial charge in [0.2, 0.25) is 0 Å². The number of nitrogens with two attached hydrogens (primary N) is 1. The van der Waals surface area contributed by atoms with Gasteiger partial charge < -0.3 is 25.4 Å². The van der Waals surface area contributed by atoms with Crippen LogP contribution in [0.2, 0.25) is 0 Å². The molecule has 114 valence electrons. The summed E-state index contributed by atoms with van der Waals surface area (Å²) in [6.07, 6.45) is 0.886. The molecule has 6 nitrogen and oxygen atoms in total. The average Bonchev–Trinajstić information content (AvgIpc) is 2.97. The summed E-state index contributed by atoms with van der Waals surface area (Å²) < 4.78 is 11.5. The van der Waals surface area contributed by atoms with Crippen molar-refractivity contribution in [2.75, 3.05) is 6.54 Å². The smallest absolute Gasteiger partial charge is 0.312 e. The van der Waals surface area contributed by atoms with Crippen LogP contribution >= 0.6 is 0 Å². The quantitative estimate of drug-likeness (QED) is 0.773. The molecule has 0 fully saturated rings. The highest BCUT2D eigenvalue weighted by Gasteiger charge is 2.39. The van der Waals surface area contributed by atoms with Crippen LogP contribution in [-0.4, -0.2) is 34.9 Å². The molecule has 2 aliphatic heterocycles. The maximum atomic E-state index is 11.5. The Balaban J connectivity index is 2.26. The van der Waals surface area contributed by atoms with E-state index in [1.54, 1.807) is 0 Å². The van der Waals surface area contributed by atoms with E-state index in [0.29, 0.717) is 41.0 Å². The first-order valence-electron chi connectivity index (χ1n) is 7.10. The molecule has 0 radical (unpaired) electrons. The number of ether oxygens (including phenoxy) is 2. The molecule has 1 aromatic carbocycles. The third-order valence-electron chi connectivity index (χ3n) is 4.12. The van der Waals surface area contributed by atoms with Crippen molar-refractivity contribution in [3.63, 3.8) is 0 Å². The number of phenolic OH excluding ortho intramolecular Hbond substituents is 1. The minimum Gasteiger partial charge on any atom is -0.504 e. The van der Waals surface area contributed by atoms with Crippen LogP contribution in [0, 0.1) is 0 Å². The summed E-state index contributed by atoms with van der Waals surface area (Å²) in [4.78, 5) is 11.5. The van der Waals surface area contributed by atoms with E-state index in [2.05, 4.69) is 0 Å². The summed E-state index contributed by atoms with van der Waals surface area (Å²) >= 11 is 0. The number of carboxylic acid groups (broad SMARTS) is 1. The van der Waals surface area contributed by atoms with Gasteiger partial charge in [0, 0.05) is 36.1 Å². The van der Waals surface area contributed by atoms with Gasteiger partial charge in [0.25, 0.3) is 0 Å². The highest BCUT2D eigenvalue weighted by molar-refractivity contribution is 5.81. The van der Waals surface area contributed by atoms with Crippen LogP contribution in [-0.2, 0) is 17.6 Å². The molecule has 21 heavy (non-hydrogen) atoms. The number of carboxylic acids is 1. The molecule has 0 bridgehead atoms. The van der Waals surface area contributed by atoms with Gasteiger partial charge >= 0.3 is 5.97 Å². The molecule has 6 heteroatoms. The number of phenols is 1. The van der Waals surface area contributed by atoms with Gasteiger partial charge in [-0.15, -0.1) is 0 Å². The molecule has 4 N–H and O–H groups in total. The number of hydrogen-bond donors (Lipinski definition) is 3. The van der Waals surface area contributed by atoms with E-state index in [9.17, 15) is 15.0 Å². The molecule has 3 rings (SSSR count). The largest absolute Gasteiger partial charge is 0.504 e. The van der Waals surface area contributed by atoms with Gasteiger partial charge in [-0.05, 0) is 13.8 Å². The molecule has 0 amide bonds. The summed E-state index contributed by atoms with van der Waals surface area (Å²) in [5.74, 6) is -0.885. The number of rotatable bonds is 3. The lowest BCUT2D eigenvalue weighted by Crippen LogP contribution is -2.23. The zero-order valence-electron chi connectivity index (χ0n) is 12.0. The Hall–Kier alpha value is -1.95. The fraction of sp³-hybridized carbons (Fsp3) is 0.533. The van der Waals surface area contributed by atoms with Crippen molar-refractivity contribution in [2.24, 2.45) is 5.73 Å². The maximum absolute atomic E-state index is 11.5. The monoisotopic (exact) mass is 293 g/mol. The van der Waals surface area contributed by atoms with E-state index < -0.39 is 11.9 Å². The van der Waals surface area contributed by atoms with Gasteiger partial charge in [-0.2, -0.15) is 0 Å². The zero-order valence-corrected chi connectivity index (χ0v) is 12.0. The van der Waals surface area contributed by atoms with E-state index in [0.717, 1.165) is 0 Å². The first-order chi connectivity index (χ1) is 9.93. The second-order valence-electron chi connectivity index (χ2n) is 5.77. The number of carbonyl (C=O) groups is 1. The molecular formula is C15H19NO5. The van der Waals surface area contributed by atoms with Crippen molar-refractivity contribution in [1.29, 1.82) is 0 Å². The Morgan fingerprint density at radius 1 is 1.24 bits per heavy atom. The molecular weight excluding hydrogens is 274 g/mol. The topological polar surface area (TPSA) is 102 Å². The number of aromatic hydroxyl groups is 1. The van der Waals surface area contributed by atoms with Crippen LogP contribution in [0.4, 0.5) is 0 Å². The lowest BCUT2D eigenvalue weighted by Gasteiger charge is -2.19. The van der Waals surface area contributed by atoms with Crippen molar-refractivity contribution in [1.82, 2.24) is 0 Å². The lowest BCUT2D eigenvalue weighted by molar-refractivity contribution is -0.138. The average molecular weight is 293 g/mol. The van der Waals surface area contributed by atoms with Crippen LogP contribution in [0.1, 0.15) is 36.5 Å². The van der Waals surface area contributed by atoms with Crippen LogP contribution < -0.4 is 15.2 Å². The highest BCUT2D eigenvalue weighted by atomic mass is 16.5. The normalized spacial score (nSPS) is 24.0. The zero-order chi connectivity index (χ0) is 15.3. The van der Waals surface area contributed by atoms with Crippen molar-refractivity contribution in [3.8, 4) is 17.2 Å². The molecule has 0 spiro atoms. The standard InChI is InChI=1S/C15H19NO5/c1-6-3-8-11(10(5-16)15(18)19)13-9(4-7(2)20-13)12(17)14(8)21-6/h6-7,10,17H,3-5,16H2,1-2H3,(H,18,19). The Morgan fingerprint density at radius 3 is 2.38 bits per heavy atom. The molecule has 2 heterocycles. The van der Waals surface area contributed by atoms with E-state index >= 15 is 0 Å². The Labute approximate surface area is 122 Å². The van der Waals surface area contributed by atoms with Gasteiger partial charge in [0.15, 0.2) is 11.5 Å². The molecule has 1 aromatic rings. The minimum absolute atomic E-state index is 0.0227. The fourth-order valence-corrected chi connectivity index (χ4v) is 3.23. The first kappa shape index (κ1) is 14.0. The van der Waals surface area contributed by atoms with Crippen molar-refractivity contribution < 1.29 is 24.5 Å². The SMILES string of the molecule is CC1Cc2c(c(O)c3c(c2C(CN)C(=O)O)OC(C)C3)O1. The Kier molecular flexibility index (Phi) is 3.20. The second-order valence-corrected chi connectivity index (χ2v) is 5.77. The fourth-order valence-electron chi connectivity index (χ4n) is 3.23. The first-order valence-corrected chi connectivity index (χ1v) is 7.10. The lowest BCUT2D eigenvalue weighted by atomic mass is 9.88. The van der Waals surface area contributed by atoms with Gasteiger partial charge in [-0.1, -0.05) is 0 Å². The number of fused-ring (bicyclic) bond motifs is 2. The highest BCUT2D eigenvalue weighted by Crippen LogP contribution is 2.52. The molecule has 0 aromatic heterocycles. The van der Waals surface area contributed by atoms with E-state index in [4.69, 9.17) is 15.2 Å². The van der Waals surface area contributed by atoms with Gasteiger partial charge in [-0.25, -0.2) is 0 Å². The summed E-state index contributed by atoms with van der Waals surface area (Å²) in [5, 5.41) is 19.9. The van der Waals surface area contributed by atoms with E-state index in [1.807, 2.05) is 13.8 Å². The van der Waals surface area contributed by atoms with Crippen molar-refractivity contribution >= 4 is 5.97 Å². The van der Waals surface area contributed by atoms with Crippen LogP contribution in [0.5, 0.6) is 17.2 Å².